The van der Waals surface area contributed by atoms with E-state index in [9.17, 15) is 4.39 Å². The number of methoxy groups -OCH3 is 1. The second kappa shape index (κ2) is 7.93. The van der Waals surface area contributed by atoms with E-state index < -0.39 is 0 Å². The van der Waals surface area contributed by atoms with E-state index in [0.29, 0.717) is 12.4 Å². The van der Waals surface area contributed by atoms with Crippen molar-refractivity contribution in [3.8, 4) is 5.75 Å². The van der Waals surface area contributed by atoms with Crippen molar-refractivity contribution in [2.75, 3.05) is 33.3 Å². The number of rotatable bonds is 6. The minimum absolute atomic E-state index is 0.110. The minimum Gasteiger partial charge on any atom is -0.496 e. The van der Waals surface area contributed by atoms with Crippen LogP contribution in [0, 0.1) is 5.82 Å². The highest BCUT2D eigenvalue weighted by molar-refractivity contribution is 5.33. The molecule has 0 amide bonds. The van der Waals surface area contributed by atoms with Gasteiger partial charge in [0.1, 0.15) is 11.6 Å². The second-order valence-electron chi connectivity index (χ2n) is 6.35. The van der Waals surface area contributed by atoms with Crippen LogP contribution in [0.1, 0.15) is 37.2 Å². The van der Waals surface area contributed by atoms with Crippen molar-refractivity contribution in [1.82, 2.24) is 19.9 Å². The number of piperazine rings is 1. The van der Waals surface area contributed by atoms with E-state index in [1.165, 1.54) is 6.07 Å². The molecular formula is C18H25FN4O2. The highest BCUT2D eigenvalue weighted by atomic mass is 19.1. The van der Waals surface area contributed by atoms with Gasteiger partial charge in [0.2, 0.25) is 5.89 Å². The van der Waals surface area contributed by atoms with Gasteiger partial charge < -0.3 is 9.26 Å². The Morgan fingerprint density at radius 3 is 2.68 bits per heavy atom. The van der Waals surface area contributed by atoms with Crippen molar-refractivity contribution < 1.29 is 13.7 Å². The lowest BCUT2D eigenvalue weighted by Crippen LogP contribution is -2.46. The minimum atomic E-state index is -0.230. The van der Waals surface area contributed by atoms with E-state index in [1.54, 1.807) is 19.2 Å². The number of aromatic nitrogens is 2. The monoisotopic (exact) mass is 348 g/mol. The van der Waals surface area contributed by atoms with Gasteiger partial charge in [-0.2, -0.15) is 4.98 Å². The zero-order chi connectivity index (χ0) is 17.8. The molecule has 2 aromatic rings. The lowest BCUT2D eigenvalue weighted by atomic mass is 10.1. The lowest BCUT2D eigenvalue weighted by molar-refractivity contribution is 0.0840. The van der Waals surface area contributed by atoms with Crippen molar-refractivity contribution in [3.05, 3.63) is 41.3 Å². The van der Waals surface area contributed by atoms with E-state index in [2.05, 4.69) is 26.9 Å². The van der Waals surface area contributed by atoms with Gasteiger partial charge in [-0.1, -0.05) is 12.1 Å². The van der Waals surface area contributed by atoms with Gasteiger partial charge in [-0.3, -0.25) is 9.80 Å². The van der Waals surface area contributed by atoms with Crippen LogP contribution in [-0.2, 0) is 13.0 Å². The molecule has 2 heterocycles. The Balaban J connectivity index is 1.57. The quantitative estimate of drug-likeness (QED) is 0.800. The summed E-state index contributed by atoms with van der Waals surface area (Å²) in [5.74, 6) is 1.93. The molecule has 0 unspecified atom stereocenters. The molecule has 0 spiro atoms. The van der Waals surface area contributed by atoms with Crippen LogP contribution in [0.25, 0.3) is 0 Å². The number of aryl methyl sites for hydroxylation is 1. The molecule has 1 aliphatic rings. The molecule has 0 saturated carbocycles. The van der Waals surface area contributed by atoms with E-state index in [-0.39, 0.29) is 11.9 Å². The molecule has 0 radical (unpaired) electrons. The molecule has 1 saturated heterocycles. The average molecular weight is 348 g/mol. The van der Waals surface area contributed by atoms with Crippen LogP contribution in [0.4, 0.5) is 4.39 Å². The standard InChI is InChI=1S/C18H25FN4O2/c1-4-17-20-18(25-21-17)13(2)23-9-7-22(8-10-23)12-14-11-15(19)5-6-16(14)24-3/h5-6,11,13H,4,7-10,12H2,1-3H3/t13-/m0/s1. The Morgan fingerprint density at radius 1 is 1.28 bits per heavy atom. The van der Waals surface area contributed by atoms with Gasteiger partial charge >= 0.3 is 0 Å². The summed E-state index contributed by atoms with van der Waals surface area (Å²) in [6.45, 7) is 8.41. The van der Waals surface area contributed by atoms with E-state index in [1.807, 2.05) is 6.92 Å². The number of hydrogen-bond donors (Lipinski definition) is 0. The molecule has 3 rings (SSSR count). The molecule has 25 heavy (non-hydrogen) atoms. The second-order valence-corrected chi connectivity index (χ2v) is 6.35. The maximum Gasteiger partial charge on any atom is 0.243 e. The van der Waals surface area contributed by atoms with Crippen LogP contribution in [0.15, 0.2) is 22.7 Å². The predicted molar refractivity (Wildman–Crippen MR) is 91.9 cm³/mol. The molecule has 1 aromatic carbocycles. The van der Waals surface area contributed by atoms with Crippen LogP contribution >= 0.6 is 0 Å². The fourth-order valence-electron chi connectivity index (χ4n) is 3.16. The lowest BCUT2D eigenvalue weighted by Gasteiger charge is -2.37. The highest BCUT2D eigenvalue weighted by Crippen LogP contribution is 2.24. The van der Waals surface area contributed by atoms with Crippen molar-refractivity contribution in [2.45, 2.75) is 32.9 Å². The molecule has 1 atom stereocenters. The first-order valence-corrected chi connectivity index (χ1v) is 8.72. The summed E-state index contributed by atoms with van der Waals surface area (Å²) >= 11 is 0. The molecule has 136 valence electrons. The fourth-order valence-corrected chi connectivity index (χ4v) is 3.16. The molecule has 6 nitrogen and oxygen atoms in total. The summed E-state index contributed by atoms with van der Waals surface area (Å²) in [5, 5.41) is 3.98. The molecule has 7 heteroatoms. The zero-order valence-electron chi connectivity index (χ0n) is 15.0. The molecule has 1 fully saturated rings. The third-order valence-electron chi connectivity index (χ3n) is 4.75. The SMILES string of the molecule is CCc1noc([C@H](C)N2CCN(Cc3cc(F)ccc3OC)CC2)n1. The Hall–Kier alpha value is -1.99. The highest BCUT2D eigenvalue weighted by Gasteiger charge is 2.26. The number of ether oxygens (including phenoxy) is 1. The summed E-state index contributed by atoms with van der Waals surface area (Å²) in [7, 11) is 1.62. The third kappa shape index (κ3) is 4.16. The van der Waals surface area contributed by atoms with Gasteiger partial charge in [0.05, 0.1) is 13.2 Å². The fraction of sp³-hybridized carbons (Fsp3) is 0.556. The number of hydrogen-bond acceptors (Lipinski definition) is 6. The van der Waals surface area contributed by atoms with Gasteiger partial charge in [-0.05, 0) is 25.1 Å². The maximum absolute atomic E-state index is 13.5. The number of halogens is 1. The summed E-state index contributed by atoms with van der Waals surface area (Å²) in [6.07, 6.45) is 0.777. The van der Waals surface area contributed by atoms with Crippen LogP contribution in [0.5, 0.6) is 5.75 Å². The van der Waals surface area contributed by atoms with Crippen molar-refractivity contribution in [2.24, 2.45) is 0 Å². The first-order valence-electron chi connectivity index (χ1n) is 8.72. The van der Waals surface area contributed by atoms with Crippen LogP contribution in [0.3, 0.4) is 0 Å². The van der Waals surface area contributed by atoms with Gasteiger partial charge in [0, 0.05) is 44.7 Å². The molecule has 0 N–H and O–H groups in total. The Kier molecular flexibility index (Phi) is 5.65. The van der Waals surface area contributed by atoms with Crippen molar-refractivity contribution in [1.29, 1.82) is 0 Å². The molecule has 1 aliphatic heterocycles. The topological polar surface area (TPSA) is 54.6 Å². The van der Waals surface area contributed by atoms with Crippen molar-refractivity contribution >= 4 is 0 Å². The van der Waals surface area contributed by atoms with Crippen LogP contribution in [-0.4, -0.2) is 53.2 Å². The van der Waals surface area contributed by atoms with E-state index in [0.717, 1.165) is 49.7 Å². The predicted octanol–water partition coefficient (Wildman–Crippen LogP) is 2.66. The van der Waals surface area contributed by atoms with Crippen LogP contribution in [0.2, 0.25) is 0 Å². The largest absolute Gasteiger partial charge is 0.496 e. The zero-order valence-corrected chi connectivity index (χ0v) is 15.0. The average Bonchev–Trinajstić information content (AvgIpc) is 3.11. The smallest absolute Gasteiger partial charge is 0.243 e. The molecule has 0 bridgehead atoms. The summed E-state index contributed by atoms with van der Waals surface area (Å²) in [6, 6.07) is 4.78. The third-order valence-corrected chi connectivity index (χ3v) is 4.75. The molecule has 1 aromatic heterocycles. The van der Waals surface area contributed by atoms with Gasteiger partial charge in [-0.15, -0.1) is 0 Å². The molecular weight excluding hydrogens is 323 g/mol. The Bertz CT molecular complexity index is 698. The Labute approximate surface area is 147 Å². The van der Waals surface area contributed by atoms with Crippen LogP contribution < -0.4 is 4.74 Å². The maximum atomic E-state index is 13.5. The first-order chi connectivity index (χ1) is 12.1. The van der Waals surface area contributed by atoms with Gasteiger partial charge in [0.15, 0.2) is 5.82 Å². The Morgan fingerprint density at radius 2 is 2.04 bits per heavy atom. The van der Waals surface area contributed by atoms with Gasteiger partial charge in [0.25, 0.3) is 0 Å². The van der Waals surface area contributed by atoms with E-state index in [4.69, 9.17) is 9.26 Å². The number of benzene rings is 1. The van der Waals surface area contributed by atoms with E-state index >= 15 is 0 Å². The van der Waals surface area contributed by atoms with Crippen molar-refractivity contribution in [3.63, 3.8) is 0 Å². The first kappa shape index (κ1) is 17.8. The summed E-state index contributed by atoms with van der Waals surface area (Å²) < 4.78 is 24.2. The normalized spacial score (nSPS) is 17.6. The summed E-state index contributed by atoms with van der Waals surface area (Å²) in [5.41, 5.74) is 0.883. The molecule has 0 aliphatic carbocycles. The van der Waals surface area contributed by atoms with Gasteiger partial charge in [-0.25, -0.2) is 4.39 Å². The summed E-state index contributed by atoms with van der Waals surface area (Å²) in [4.78, 5) is 9.08. The number of nitrogens with zero attached hydrogens (tertiary/aromatic N) is 4.